The van der Waals surface area contributed by atoms with Crippen LogP contribution >= 0.6 is 0 Å². The molecule has 3 nitrogen and oxygen atoms in total. The minimum Gasteiger partial charge on any atom is -0.479 e. The van der Waals surface area contributed by atoms with Gasteiger partial charge in [0.15, 0.2) is 5.60 Å². The summed E-state index contributed by atoms with van der Waals surface area (Å²) in [7, 11) is 0. The topological polar surface area (TPSA) is 57.5 Å². The molecule has 2 N–H and O–H groups in total. The Morgan fingerprint density at radius 1 is 1.50 bits per heavy atom. The monoisotopic (exact) mass is 196 g/mol. The second-order valence-electron chi connectivity index (χ2n) is 3.47. The van der Waals surface area contributed by atoms with Crippen LogP contribution in [0.15, 0.2) is 18.2 Å². The van der Waals surface area contributed by atoms with Crippen molar-refractivity contribution in [2.75, 3.05) is 0 Å². The molecule has 0 saturated heterocycles. The molecule has 1 unspecified atom stereocenters. The lowest BCUT2D eigenvalue weighted by Crippen LogP contribution is -2.32. The summed E-state index contributed by atoms with van der Waals surface area (Å²) in [4.78, 5) is 10.8. The summed E-state index contributed by atoms with van der Waals surface area (Å²) in [5, 5.41) is 18.6. The maximum absolute atomic E-state index is 12.9. The van der Waals surface area contributed by atoms with Crippen molar-refractivity contribution in [3.63, 3.8) is 0 Å². The highest BCUT2D eigenvalue weighted by molar-refractivity contribution is 5.80. The molecule has 1 aromatic carbocycles. The number of carbonyl (C=O) groups is 1. The Balaban J connectivity index is 2.58. The van der Waals surface area contributed by atoms with E-state index in [4.69, 9.17) is 5.11 Å². The molecule has 74 valence electrons. The molecule has 2 rings (SSSR count). The third kappa shape index (κ3) is 1.11. The van der Waals surface area contributed by atoms with Gasteiger partial charge in [-0.1, -0.05) is 6.07 Å². The van der Waals surface area contributed by atoms with E-state index < -0.39 is 17.4 Å². The SMILES string of the molecule is O=C(O)C1(O)CCc2ccc(F)cc21. The van der Waals surface area contributed by atoms with Crippen LogP contribution in [-0.4, -0.2) is 16.2 Å². The summed E-state index contributed by atoms with van der Waals surface area (Å²) in [5.41, 5.74) is -1.02. The number of fused-ring (bicyclic) bond motifs is 1. The molecule has 1 aliphatic carbocycles. The second kappa shape index (κ2) is 2.78. The van der Waals surface area contributed by atoms with E-state index in [1.165, 1.54) is 12.1 Å². The van der Waals surface area contributed by atoms with Gasteiger partial charge in [0.1, 0.15) is 5.82 Å². The van der Waals surface area contributed by atoms with Crippen LogP contribution in [-0.2, 0) is 16.8 Å². The molecule has 0 heterocycles. The number of aliphatic carboxylic acids is 1. The number of hydrogen-bond acceptors (Lipinski definition) is 2. The lowest BCUT2D eigenvalue weighted by molar-refractivity contribution is -0.159. The standard InChI is InChI=1S/C10H9FO3/c11-7-2-1-6-3-4-10(14,9(12)13)8(6)5-7/h1-2,5,14H,3-4H2,(H,12,13). The van der Waals surface area contributed by atoms with Crippen molar-refractivity contribution < 1.29 is 19.4 Å². The van der Waals surface area contributed by atoms with Gasteiger partial charge in [0, 0.05) is 5.56 Å². The van der Waals surface area contributed by atoms with Crippen LogP contribution in [0.5, 0.6) is 0 Å². The molecule has 0 radical (unpaired) electrons. The van der Waals surface area contributed by atoms with E-state index in [0.29, 0.717) is 12.0 Å². The number of aliphatic hydroxyl groups is 1. The molecular formula is C10H9FO3. The fourth-order valence-corrected chi connectivity index (χ4v) is 1.82. The molecule has 1 aliphatic rings. The maximum Gasteiger partial charge on any atom is 0.340 e. The highest BCUT2D eigenvalue weighted by Gasteiger charge is 2.43. The number of aryl methyl sites for hydroxylation is 1. The number of benzene rings is 1. The number of carboxylic acid groups (broad SMARTS) is 1. The number of carboxylic acids is 1. The Kier molecular flexibility index (Phi) is 1.82. The van der Waals surface area contributed by atoms with E-state index in [1.54, 1.807) is 0 Å². The molecule has 1 atom stereocenters. The summed E-state index contributed by atoms with van der Waals surface area (Å²) in [5.74, 6) is -1.84. The lowest BCUT2D eigenvalue weighted by atomic mass is 9.96. The molecular weight excluding hydrogens is 187 g/mol. The highest BCUT2D eigenvalue weighted by atomic mass is 19.1. The van der Waals surface area contributed by atoms with Gasteiger partial charge >= 0.3 is 5.97 Å². The van der Waals surface area contributed by atoms with Crippen molar-refractivity contribution >= 4 is 5.97 Å². The predicted octanol–water partition coefficient (Wildman–Crippen LogP) is 1.04. The maximum atomic E-state index is 12.9. The van der Waals surface area contributed by atoms with Crippen LogP contribution in [0.2, 0.25) is 0 Å². The molecule has 0 saturated carbocycles. The summed E-state index contributed by atoms with van der Waals surface area (Å²) in [6.45, 7) is 0. The fraction of sp³-hybridized carbons (Fsp3) is 0.300. The zero-order valence-corrected chi connectivity index (χ0v) is 7.33. The Bertz CT molecular complexity index is 402. The van der Waals surface area contributed by atoms with Crippen LogP contribution in [0.25, 0.3) is 0 Å². The highest BCUT2D eigenvalue weighted by Crippen LogP contribution is 2.37. The quantitative estimate of drug-likeness (QED) is 0.705. The van der Waals surface area contributed by atoms with Gasteiger partial charge in [0.25, 0.3) is 0 Å². The molecule has 14 heavy (non-hydrogen) atoms. The van der Waals surface area contributed by atoms with E-state index in [2.05, 4.69) is 0 Å². The molecule has 0 aromatic heterocycles. The van der Waals surface area contributed by atoms with Crippen molar-refractivity contribution in [3.8, 4) is 0 Å². The Hall–Kier alpha value is -1.42. The van der Waals surface area contributed by atoms with Crippen molar-refractivity contribution in [2.45, 2.75) is 18.4 Å². The third-order valence-corrected chi connectivity index (χ3v) is 2.63. The van der Waals surface area contributed by atoms with Crippen LogP contribution in [0.1, 0.15) is 17.5 Å². The minimum absolute atomic E-state index is 0.112. The van der Waals surface area contributed by atoms with Crippen molar-refractivity contribution in [3.05, 3.63) is 35.1 Å². The first kappa shape index (κ1) is 9.15. The molecule has 0 fully saturated rings. The Morgan fingerprint density at radius 3 is 2.86 bits per heavy atom. The first-order valence-electron chi connectivity index (χ1n) is 4.29. The third-order valence-electron chi connectivity index (χ3n) is 2.63. The zero-order chi connectivity index (χ0) is 10.3. The van der Waals surface area contributed by atoms with Gasteiger partial charge in [-0.15, -0.1) is 0 Å². The average Bonchev–Trinajstić information content (AvgIpc) is 2.46. The summed E-state index contributed by atoms with van der Waals surface area (Å²) < 4.78 is 12.9. The summed E-state index contributed by atoms with van der Waals surface area (Å²) >= 11 is 0. The number of hydrogen-bond donors (Lipinski definition) is 2. The van der Waals surface area contributed by atoms with Gasteiger partial charge in [0.2, 0.25) is 0 Å². The van der Waals surface area contributed by atoms with Crippen LogP contribution in [0, 0.1) is 5.82 Å². The van der Waals surface area contributed by atoms with Crippen molar-refractivity contribution in [2.24, 2.45) is 0 Å². The van der Waals surface area contributed by atoms with Gasteiger partial charge in [-0.3, -0.25) is 0 Å². The zero-order valence-electron chi connectivity index (χ0n) is 7.33. The van der Waals surface area contributed by atoms with Gasteiger partial charge in [0.05, 0.1) is 0 Å². The van der Waals surface area contributed by atoms with Crippen LogP contribution in [0.3, 0.4) is 0 Å². The predicted molar refractivity (Wildman–Crippen MR) is 46.3 cm³/mol. The van der Waals surface area contributed by atoms with Gasteiger partial charge in [-0.2, -0.15) is 0 Å². The van der Waals surface area contributed by atoms with E-state index >= 15 is 0 Å². The molecule has 4 heteroatoms. The minimum atomic E-state index is -1.91. The smallest absolute Gasteiger partial charge is 0.340 e. The Labute approximate surface area is 79.8 Å². The van der Waals surface area contributed by atoms with E-state index in [-0.39, 0.29) is 12.0 Å². The van der Waals surface area contributed by atoms with E-state index in [9.17, 15) is 14.3 Å². The van der Waals surface area contributed by atoms with Crippen LogP contribution < -0.4 is 0 Å². The first-order valence-corrected chi connectivity index (χ1v) is 4.29. The number of halogens is 1. The molecule has 0 amide bonds. The van der Waals surface area contributed by atoms with E-state index in [0.717, 1.165) is 6.07 Å². The molecule has 0 aliphatic heterocycles. The van der Waals surface area contributed by atoms with Gasteiger partial charge in [-0.05, 0) is 30.5 Å². The fourth-order valence-electron chi connectivity index (χ4n) is 1.82. The largest absolute Gasteiger partial charge is 0.479 e. The van der Waals surface area contributed by atoms with Gasteiger partial charge < -0.3 is 10.2 Å². The Morgan fingerprint density at radius 2 is 2.21 bits per heavy atom. The van der Waals surface area contributed by atoms with Crippen molar-refractivity contribution in [1.29, 1.82) is 0 Å². The number of rotatable bonds is 1. The van der Waals surface area contributed by atoms with Crippen LogP contribution in [0.4, 0.5) is 4.39 Å². The van der Waals surface area contributed by atoms with E-state index in [1.807, 2.05) is 0 Å². The summed E-state index contributed by atoms with van der Waals surface area (Å²) in [6.07, 6.45) is 0.583. The van der Waals surface area contributed by atoms with Gasteiger partial charge in [-0.25, -0.2) is 9.18 Å². The first-order chi connectivity index (χ1) is 6.54. The van der Waals surface area contributed by atoms with Crippen molar-refractivity contribution in [1.82, 2.24) is 0 Å². The second-order valence-corrected chi connectivity index (χ2v) is 3.47. The molecule has 1 aromatic rings. The lowest BCUT2D eigenvalue weighted by Gasteiger charge is -2.17. The molecule has 0 bridgehead atoms. The summed E-state index contributed by atoms with van der Waals surface area (Å²) in [6, 6.07) is 3.88. The molecule has 0 spiro atoms. The average molecular weight is 196 g/mol. The normalized spacial score (nSPS) is 24.7.